The average molecular weight is 278 g/mol. The number of rotatable bonds is 3. The van der Waals surface area contributed by atoms with Crippen LogP contribution in [0.3, 0.4) is 0 Å². The van der Waals surface area contributed by atoms with Crippen molar-refractivity contribution in [1.29, 1.82) is 0 Å². The Kier molecular flexibility index (Phi) is 4.07. The van der Waals surface area contributed by atoms with Gasteiger partial charge in [0.25, 0.3) is 0 Å². The van der Waals surface area contributed by atoms with Crippen molar-refractivity contribution >= 4 is 15.9 Å². The van der Waals surface area contributed by atoms with Gasteiger partial charge in [-0.25, -0.2) is 4.39 Å². The van der Waals surface area contributed by atoms with E-state index in [4.69, 9.17) is 10.5 Å². The summed E-state index contributed by atoms with van der Waals surface area (Å²) in [5, 5.41) is 9.51. The van der Waals surface area contributed by atoms with Crippen LogP contribution in [-0.4, -0.2) is 18.8 Å². The van der Waals surface area contributed by atoms with Gasteiger partial charge in [-0.3, -0.25) is 0 Å². The minimum atomic E-state index is -1.01. The Hall–Kier alpha value is -0.650. The third-order valence-electron chi connectivity index (χ3n) is 2.16. The summed E-state index contributed by atoms with van der Waals surface area (Å²) in [5.74, 6) is -0.481. The Labute approximate surface area is 96.2 Å². The minimum Gasteiger partial charge on any atom is -0.492 e. The van der Waals surface area contributed by atoms with Gasteiger partial charge in [0, 0.05) is 12.1 Å². The molecule has 0 spiro atoms. The second-order valence-corrected chi connectivity index (χ2v) is 3.99. The highest BCUT2D eigenvalue weighted by Crippen LogP contribution is 2.35. The van der Waals surface area contributed by atoms with E-state index < -0.39 is 11.9 Å². The molecule has 5 heteroatoms. The molecule has 0 fully saturated rings. The van der Waals surface area contributed by atoms with Crippen molar-refractivity contribution in [3.8, 4) is 5.75 Å². The molecule has 3 nitrogen and oxygen atoms in total. The lowest BCUT2D eigenvalue weighted by atomic mass is 10.1. The van der Waals surface area contributed by atoms with Crippen molar-refractivity contribution in [2.75, 3.05) is 13.7 Å². The third kappa shape index (κ3) is 2.30. The number of hydrogen-bond donors (Lipinski definition) is 2. The van der Waals surface area contributed by atoms with E-state index >= 15 is 0 Å². The molecule has 1 atom stereocenters. The molecule has 1 aromatic carbocycles. The number of aliphatic hydroxyl groups excluding tert-OH is 1. The van der Waals surface area contributed by atoms with Crippen LogP contribution >= 0.6 is 15.9 Å². The van der Waals surface area contributed by atoms with Gasteiger partial charge in [0.2, 0.25) is 0 Å². The summed E-state index contributed by atoms with van der Waals surface area (Å²) in [7, 11) is 1.38. The fraction of sp³-hybridized carbons (Fsp3) is 0.400. The molecule has 1 unspecified atom stereocenters. The number of hydrogen-bond acceptors (Lipinski definition) is 3. The molecule has 0 aliphatic heterocycles. The van der Waals surface area contributed by atoms with E-state index in [0.717, 1.165) is 5.56 Å². The zero-order valence-electron chi connectivity index (χ0n) is 8.55. The number of nitrogens with two attached hydrogens (primary N) is 1. The summed E-state index contributed by atoms with van der Waals surface area (Å²) >= 11 is 3.22. The first-order chi connectivity index (χ1) is 7.02. The molecule has 0 aromatic heterocycles. The topological polar surface area (TPSA) is 55.5 Å². The predicted molar refractivity (Wildman–Crippen MR) is 59.4 cm³/mol. The molecule has 0 saturated carbocycles. The molecule has 3 N–H and O–H groups in total. The first-order valence-electron chi connectivity index (χ1n) is 4.43. The van der Waals surface area contributed by atoms with Crippen LogP contribution in [0.5, 0.6) is 5.75 Å². The highest BCUT2D eigenvalue weighted by Gasteiger charge is 2.19. The molecule has 0 aliphatic rings. The monoisotopic (exact) mass is 277 g/mol. The number of aryl methyl sites for hydroxylation is 1. The summed E-state index contributed by atoms with van der Waals surface area (Å²) in [6.07, 6.45) is -1.01. The normalized spacial score (nSPS) is 12.7. The Bertz CT molecular complexity index is 371. The summed E-state index contributed by atoms with van der Waals surface area (Å²) in [6, 6.07) is 1.56. The average Bonchev–Trinajstić information content (AvgIpc) is 2.23. The van der Waals surface area contributed by atoms with E-state index in [1.165, 1.54) is 7.11 Å². The number of aliphatic hydroxyl groups is 1. The van der Waals surface area contributed by atoms with Crippen molar-refractivity contribution < 1.29 is 14.2 Å². The van der Waals surface area contributed by atoms with Gasteiger partial charge < -0.3 is 15.6 Å². The van der Waals surface area contributed by atoms with Crippen LogP contribution in [-0.2, 0) is 0 Å². The van der Waals surface area contributed by atoms with E-state index in [1.54, 1.807) is 13.0 Å². The standard InChI is InChI=1S/C10H13BrFNO2/c1-5-3-6(7(14)4-13)9(12)10(15-2)8(5)11/h3,7,14H,4,13H2,1-2H3. The summed E-state index contributed by atoms with van der Waals surface area (Å²) in [4.78, 5) is 0. The van der Waals surface area contributed by atoms with Crippen LogP contribution in [0.25, 0.3) is 0 Å². The van der Waals surface area contributed by atoms with Gasteiger partial charge in [0.1, 0.15) is 0 Å². The molecule has 0 bridgehead atoms. The molecule has 0 aliphatic carbocycles. The molecule has 0 heterocycles. The van der Waals surface area contributed by atoms with Crippen LogP contribution in [0.2, 0.25) is 0 Å². The Morgan fingerprint density at radius 3 is 2.73 bits per heavy atom. The van der Waals surface area contributed by atoms with Crippen LogP contribution < -0.4 is 10.5 Å². The van der Waals surface area contributed by atoms with Crippen LogP contribution in [0.15, 0.2) is 10.5 Å². The molecule has 0 radical (unpaired) electrons. The highest BCUT2D eigenvalue weighted by molar-refractivity contribution is 9.10. The van der Waals surface area contributed by atoms with Crippen LogP contribution in [0.1, 0.15) is 17.2 Å². The maximum atomic E-state index is 13.8. The van der Waals surface area contributed by atoms with Crippen molar-refractivity contribution in [2.45, 2.75) is 13.0 Å². The largest absolute Gasteiger partial charge is 0.492 e. The molecule has 0 saturated heterocycles. The van der Waals surface area contributed by atoms with Crippen molar-refractivity contribution in [3.05, 3.63) is 27.5 Å². The first-order valence-corrected chi connectivity index (χ1v) is 5.22. The molecule has 0 amide bonds. The maximum Gasteiger partial charge on any atom is 0.172 e. The maximum absolute atomic E-state index is 13.8. The van der Waals surface area contributed by atoms with Gasteiger partial charge in [-0.2, -0.15) is 0 Å². The lowest BCUT2D eigenvalue weighted by Crippen LogP contribution is -2.14. The van der Waals surface area contributed by atoms with E-state index in [0.29, 0.717) is 4.47 Å². The Morgan fingerprint density at radius 1 is 1.67 bits per heavy atom. The molecule has 1 aromatic rings. The van der Waals surface area contributed by atoms with Crippen molar-refractivity contribution in [1.82, 2.24) is 0 Å². The van der Waals surface area contributed by atoms with E-state index in [-0.39, 0.29) is 17.9 Å². The SMILES string of the molecule is COc1c(F)c(C(O)CN)cc(C)c1Br. The summed E-state index contributed by atoms with van der Waals surface area (Å²) < 4.78 is 19.3. The molecule has 1 rings (SSSR count). The minimum absolute atomic E-state index is 0.0266. The summed E-state index contributed by atoms with van der Waals surface area (Å²) in [6.45, 7) is 1.76. The lowest BCUT2D eigenvalue weighted by Gasteiger charge is -2.15. The zero-order chi connectivity index (χ0) is 11.6. The van der Waals surface area contributed by atoms with Gasteiger partial charge in [-0.15, -0.1) is 0 Å². The molecule has 84 valence electrons. The zero-order valence-corrected chi connectivity index (χ0v) is 10.1. The summed E-state index contributed by atoms with van der Waals surface area (Å²) in [5.41, 5.74) is 6.23. The molecular weight excluding hydrogens is 265 g/mol. The smallest absolute Gasteiger partial charge is 0.172 e. The number of methoxy groups -OCH3 is 1. The van der Waals surface area contributed by atoms with Crippen LogP contribution in [0.4, 0.5) is 4.39 Å². The number of ether oxygens (including phenoxy) is 1. The fourth-order valence-corrected chi connectivity index (χ4v) is 1.77. The van der Waals surface area contributed by atoms with E-state index in [1.807, 2.05) is 0 Å². The third-order valence-corrected chi connectivity index (χ3v) is 3.14. The van der Waals surface area contributed by atoms with E-state index in [2.05, 4.69) is 15.9 Å². The quantitative estimate of drug-likeness (QED) is 0.887. The predicted octanol–water partition coefficient (Wildman–Crippen LogP) is 1.90. The van der Waals surface area contributed by atoms with Gasteiger partial charge in [0.15, 0.2) is 11.6 Å². The van der Waals surface area contributed by atoms with Crippen molar-refractivity contribution in [2.24, 2.45) is 5.73 Å². The van der Waals surface area contributed by atoms with E-state index in [9.17, 15) is 9.50 Å². The fourth-order valence-electron chi connectivity index (χ4n) is 1.32. The number of benzene rings is 1. The highest BCUT2D eigenvalue weighted by atomic mass is 79.9. The van der Waals surface area contributed by atoms with Crippen LogP contribution in [0, 0.1) is 12.7 Å². The molecular formula is C10H13BrFNO2. The lowest BCUT2D eigenvalue weighted by molar-refractivity contribution is 0.180. The second-order valence-electron chi connectivity index (χ2n) is 3.20. The second kappa shape index (κ2) is 4.92. The van der Waals surface area contributed by atoms with Gasteiger partial charge in [-0.05, 0) is 34.5 Å². The Morgan fingerprint density at radius 2 is 2.27 bits per heavy atom. The van der Waals surface area contributed by atoms with Gasteiger partial charge in [-0.1, -0.05) is 0 Å². The van der Waals surface area contributed by atoms with Gasteiger partial charge >= 0.3 is 0 Å². The molecule has 15 heavy (non-hydrogen) atoms. The Balaban J connectivity index is 3.36. The first kappa shape index (κ1) is 12.4. The number of halogens is 2. The van der Waals surface area contributed by atoms with Gasteiger partial charge in [0.05, 0.1) is 17.7 Å². The van der Waals surface area contributed by atoms with Crippen molar-refractivity contribution in [3.63, 3.8) is 0 Å².